The van der Waals surface area contributed by atoms with Crippen LogP contribution in [0.2, 0.25) is 0 Å². The molecule has 0 spiro atoms. The topological polar surface area (TPSA) is 68.0 Å². The molecular weight excluding hydrogens is 346 g/mol. The molecule has 0 unspecified atom stereocenters. The molecule has 3 rings (SSSR count). The Morgan fingerprint density at radius 3 is 2.58 bits per heavy atom. The first kappa shape index (κ1) is 18.2. The van der Waals surface area contributed by atoms with Crippen LogP contribution in [0, 0.1) is 0 Å². The summed E-state index contributed by atoms with van der Waals surface area (Å²) in [6, 6.07) is 17.5. The van der Waals surface area contributed by atoms with E-state index in [2.05, 4.69) is 22.4 Å². The lowest BCUT2D eigenvalue weighted by Gasteiger charge is -2.05. The van der Waals surface area contributed by atoms with Gasteiger partial charge in [0.25, 0.3) is 0 Å². The van der Waals surface area contributed by atoms with Gasteiger partial charge in [0.1, 0.15) is 0 Å². The number of nitrogens with one attached hydrogen (secondary N) is 1. The Morgan fingerprint density at radius 1 is 1.08 bits per heavy atom. The van der Waals surface area contributed by atoms with Crippen molar-refractivity contribution in [3.63, 3.8) is 0 Å². The van der Waals surface area contributed by atoms with Gasteiger partial charge < -0.3 is 9.73 Å². The van der Waals surface area contributed by atoms with Crippen molar-refractivity contribution < 1.29 is 9.21 Å². The first-order valence-corrected chi connectivity index (χ1v) is 9.63. The largest absolute Gasteiger partial charge is 0.420 e. The van der Waals surface area contributed by atoms with E-state index in [1.807, 2.05) is 54.6 Å². The molecule has 0 saturated heterocycles. The number of hydrogen-bond donors (Lipinski definition) is 1. The Labute approximate surface area is 157 Å². The van der Waals surface area contributed by atoms with E-state index in [-0.39, 0.29) is 5.91 Å². The summed E-state index contributed by atoms with van der Waals surface area (Å²) in [5, 5.41) is 11.1. The third kappa shape index (κ3) is 5.20. The minimum atomic E-state index is 0.0616. The van der Waals surface area contributed by atoms with E-state index in [0.29, 0.717) is 24.0 Å². The minimum absolute atomic E-state index is 0.0616. The quantitative estimate of drug-likeness (QED) is 0.557. The maximum atomic E-state index is 11.7. The van der Waals surface area contributed by atoms with Crippen molar-refractivity contribution in [2.24, 2.45) is 0 Å². The van der Waals surface area contributed by atoms with Crippen molar-refractivity contribution in [2.75, 3.05) is 5.32 Å². The van der Waals surface area contributed by atoms with Crippen LogP contribution in [0.1, 0.15) is 32.1 Å². The maximum Gasteiger partial charge on any atom is 0.247 e. The van der Waals surface area contributed by atoms with Crippen molar-refractivity contribution in [1.29, 1.82) is 0 Å². The summed E-state index contributed by atoms with van der Waals surface area (Å²) in [6.45, 7) is 2.07. The second-order valence-electron chi connectivity index (χ2n) is 5.83. The van der Waals surface area contributed by atoms with Gasteiger partial charge in [-0.1, -0.05) is 31.5 Å². The monoisotopic (exact) mass is 367 g/mol. The van der Waals surface area contributed by atoms with Gasteiger partial charge in [-0.25, -0.2) is 0 Å². The fraction of sp³-hybridized carbons (Fsp3) is 0.250. The van der Waals surface area contributed by atoms with Crippen molar-refractivity contribution in [3.05, 3.63) is 60.5 Å². The normalized spacial score (nSPS) is 10.7. The van der Waals surface area contributed by atoms with Gasteiger partial charge in [0.2, 0.25) is 17.7 Å². The Bertz CT molecular complexity index is 832. The van der Waals surface area contributed by atoms with Crippen LogP contribution in [0.5, 0.6) is 0 Å². The Balaban J connectivity index is 1.52. The molecule has 134 valence electrons. The highest BCUT2D eigenvalue weighted by Gasteiger charge is 2.08. The second-order valence-corrected chi connectivity index (χ2v) is 6.88. The van der Waals surface area contributed by atoms with Gasteiger partial charge in [-0.15, -0.1) is 22.0 Å². The first-order valence-electron chi connectivity index (χ1n) is 8.65. The standard InChI is InChI=1S/C20H21N3O2S/c1-2-3-9-18(24)21-16-10-12-17(13-11-16)26-14-19-22-23-20(25-19)15-7-5-4-6-8-15/h4-8,10-13H,2-3,9,14H2,1H3,(H,21,24). The van der Waals surface area contributed by atoms with Crippen LogP contribution in [-0.4, -0.2) is 16.1 Å². The highest BCUT2D eigenvalue weighted by molar-refractivity contribution is 7.98. The molecule has 1 aromatic heterocycles. The van der Waals surface area contributed by atoms with E-state index in [4.69, 9.17) is 4.42 Å². The molecule has 0 aliphatic rings. The number of hydrogen-bond acceptors (Lipinski definition) is 5. The summed E-state index contributed by atoms with van der Waals surface area (Å²) < 4.78 is 5.71. The van der Waals surface area contributed by atoms with Crippen LogP contribution in [0.3, 0.4) is 0 Å². The van der Waals surface area contributed by atoms with Crippen molar-refractivity contribution in [2.45, 2.75) is 36.8 Å². The molecule has 6 heteroatoms. The van der Waals surface area contributed by atoms with Crippen molar-refractivity contribution in [1.82, 2.24) is 10.2 Å². The van der Waals surface area contributed by atoms with Crippen LogP contribution in [-0.2, 0) is 10.5 Å². The average Bonchev–Trinajstić information content (AvgIpc) is 3.16. The smallest absolute Gasteiger partial charge is 0.247 e. The zero-order chi connectivity index (χ0) is 18.2. The molecular formula is C20H21N3O2S. The van der Waals surface area contributed by atoms with Crippen LogP contribution in [0.15, 0.2) is 63.9 Å². The van der Waals surface area contributed by atoms with E-state index in [1.165, 1.54) is 0 Å². The molecule has 0 bridgehead atoms. The van der Waals surface area contributed by atoms with Crippen molar-refractivity contribution >= 4 is 23.4 Å². The van der Waals surface area contributed by atoms with Gasteiger partial charge in [0.15, 0.2) is 0 Å². The molecule has 26 heavy (non-hydrogen) atoms. The summed E-state index contributed by atoms with van der Waals surface area (Å²) in [5.41, 5.74) is 1.74. The van der Waals surface area contributed by atoms with Gasteiger partial charge in [-0.05, 0) is 42.8 Å². The summed E-state index contributed by atoms with van der Waals surface area (Å²) in [6.07, 6.45) is 2.49. The molecule has 0 aliphatic carbocycles. The minimum Gasteiger partial charge on any atom is -0.420 e. The van der Waals surface area contributed by atoms with E-state index < -0.39 is 0 Å². The number of thioether (sulfide) groups is 1. The molecule has 1 N–H and O–H groups in total. The van der Waals surface area contributed by atoms with Crippen LogP contribution in [0.4, 0.5) is 5.69 Å². The van der Waals surface area contributed by atoms with Gasteiger partial charge >= 0.3 is 0 Å². The summed E-state index contributed by atoms with van der Waals surface area (Å²) >= 11 is 1.61. The lowest BCUT2D eigenvalue weighted by atomic mass is 10.2. The molecule has 1 amide bonds. The molecule has 0 saturated carbocycles. The average molecular weight is 367 g/mol. The molecule has 0 aliphatic heterocycles. The Hall–Kier alpha value is -2.60. The number of benzene rings is 2. The van der Waals surface area contributed by atoms with Gasteiger partial charge in [-0.2, -0.15) is 0 Å². The van der Waals surface area contributed by atoms with Crippen LogP contribution >= 0.6 is 11.8 Å². The fourth-order valence-electron chi connectivity index (χ4n) is 2.35. The van der Waals surface area contributed by atoms with Gasteiger partial charge in [0.05, 0.1) is 5.75 Å². The van der Waals surface area contributed by atoms with Gasteiger partial charge in [0, 0.05) is 22.6 Å². The first-order chi connectivity index (χ1) is 12.7. The maximum absolute atomic E-state index is 11.7. The molecule has 0 radical (unpaired) electrons. The number of amides is 1. The number of carbonyl (C=O) groups is 1. The number of aromatic nitrogens is 2. The molecule has 5 nitrogen and oxygen atoms in total. The second kappa shape index (κ2) is 9.20. The summed E-state index contributed by atoms with van der Waals surface area (Å²) in [7, 11) is 0. The van der Waals surface area contributed by atoms with Gasteiger partial charge in [-0.3, -0.25) is 4.79 Å². The summed E-state index contributed by atoms with van der Waals surface area (Å²) in [5.74, 6) is 1.78. The lowest BCUT2D eigenvalue weighted by Crippen LogP contribution is -2.10. The van der Waals surface area contributed by atoms with Crippen molar-refractivity contribution in [3.8, 4) is 11.5 Å². The van der Waals surface area contributed by atoms with E-state index in [9.17, 15) is 4.79 Å². The molecule has 3 aromatic rings. The predicted molar refractivity (Wildman–Crippen MR) is 104 cm³/mol. The number of rotatable bonds is 8. The third-order valence-corrected chi connectivity index (χ3v) is 4.74. The van der Waals surface area contributed by atoms with E-state index in [1.54, 1.807) is 11.8 Å². The third-order valence-electron chi connectivity index (χ3n) is 3.75. The Morgan fingerprint density at radius 2 is 1.85 bits per heavy atom. The molecule has 1 heterocycles. The number of carbonyl (C=O) groups excluding carboxylic acids is 1. The van der Waals surface area contributed by atoms with Crippen LogP contribution < -0.4 is 5.32 Å². The predicted octanol–water partition coefficient (Wildman–Crippen LogP) is 5.16. The highest BCUT2D eigenvalue weighted by Crippen LogP contribution is 2.25. The highest BCUT2D eigenvalue weighted by atomic mass is 32.2. The number of nitrogens with zero attached hydrogens (tertiary/aromatic N) is 2. The SMILES string of the molecule is CCCCC(=O)Nc1ccc(SCc2nnc(-c3ccccc3)o2)cc1. The van der Waals surface area contributed by atoms with E-state index >= 15 is 0 Å². The lowest BCUT2D eigenvalue weighted by molar-refractivity contribution is -0.116. The zero-order valence-corrected chi connectivity index (χ0v) is 15.5. The van der Waals surface area contributed by atoms with E-state index in [0.717, 1.165) is 29.0 Å². The number of anilines is 1. The Kier molecular flexibility index (Phi) is 6.44. The van der Waals surface area contributed by atoms with Crippen LogP contribution in [0.25, 0.3) is 11.5 Å². The fourth-order valence-corrected chi connectivity index (χ4v) is 3.09. The molecule has 2 aromatic carbocycles. The zero-order valence-electron chi connectivity index (χ0n) is 14.6. The molecule has 0 atom stereocenters. The summed E-state index contributed by atoms with van der Waals surface area (Å²) in [4.78, 5) is 12.8. The molecule has 0 fully saturated rings. The number of unbranched alkanes of at least 4 members (excludes halogenated alkanes) is 1.